The molecule has 0 aliphatic heterocycles. The van der Waals surface area contributed by atoms with E-state index in [1.165, 1.54) is 23.9 Å². The molecular weight excluding hydrogens is 296 g/mol. The van der Waals surface area contributed by atoms with Gasteiger partial charge in [-0.05, 0) is 11.6 Å². The normalized spacial score (nSPS) is 11.5. The number of benzene rings is 1. The Hall–Kier alpha value is -2.89. The molecule has 0 radical (unpaired) electrons. The number of ether oxygens (including phenoxy) is 1. The summed E-state index contributed by atoms with van der Waals surface area (Å²) >= 11 is 0. The van der Waals surface area contributed by atoms with Gasteiger partial charge in [-0.3, -0.25) is 9.59 Å². The summed E-state index contributed by atoms with van der Waals surface area (Å²) in [5, 5.41) is 2.62. The van der Waals surface area contributed by atoms with Crippen LogP contribution in [-0.4, -0.2) is 29.6 Å². The third-order valence-corrected chi connectivity index (χ3v) is 3.32. The number of aromatic nitrogens is 1. The average molecular weight is 314 g/mol. The summed E-state index contributed by atoms with van der Waals surface area (Å²) in [6.07, 6.45) is 1.84. The Labute approximate surface area is 133 Å². The van der Waals surface area contributed by atoms with E-state index in [9.17, 15) is 14.4 Å². The van der Waals surface area contributed by atoms with Crippen LogP contribution in [0.2, 0.25) is 0 Å². The molecule has 2 aromatic rings. The van der Waals surface area contributed by atoms with Crippen LogP contribution in [0.1, 0.15) is 5.56 Å². The third kappa shape index (κ3) is 4.81. The standard InChI is InChI=1S/C17H18N2O4/c1-23-17(22)14(11-13-7-3-2-4-8-13)18-15(20)12-19-10-6-5-9-16(19)21/h2-10,14H,11-12H2,1H3,(H,18,20)/t14-/m0/s1. The van der Waals surface area contributed by atoms with Crippen molar-refractivity contribution in [3.8, 4) is 0 Å². The van der Waals surface area contributed by atoms with Crippen LogP contribution in [0, 0.1) is 0 Å². The topological polar surface area (TPSA) is 77.4 Å². The fourth-order valence-electron chi connectivity index (χ4n) is 2.17. The number of esters is 1. The molecule has 1 N–H and O–H groups in total. The van der Waals surface area contributed by atoms with Gasteiger partial charge in [0.15, 0.2) is 0 Å². The number of nitrogens with one attached hydrogen (secondary N) is 1. The van der Waals surface area contributed by atoms with Gasteiger partial charge in [-0.15, -0.1) is 0 Å². The van der Waals surface area contributed by atoms with Gasteiger partial charge in [0.1, 0.15) is 12.6 Å². The van der Waals surface area contributed by atoms with Crippen molar-refractivity contribution in [1.29, 1.82) is 0 Å². The summed E-state index contributed by atoms with van der Waals surface area (Å²) < 4.78 is 6.01. The van der Waals surface area contributed by atoms with Crippen LogP contribution < -0.4 is 10.9 Å². The zero-order valence-corrected chi connectivity index (χ0v) is 12.8. The second kappa shape index (κ2) is 7.93. The van der Waals surface area contributed by atoms with Crippen molar-refractivity contribution in [2.24, 2.45) is 0 Å². The number of nitrogens with zero attached hydrogens (tertiary/aromatic N) is 1. The molecule has 0 fully saturated rings. The molecule has 0 spiro atoms. The maximum absolute atomic E-state index is 12.1. The molecule has 0 saturated carbocycles. The van der Waals surface area contributed by atoms with Crippen molar-refractivity contribution in [3.05, 3.63) is 70.6 Å². The van der Waals surface area contributed by atoms with Crippen LogP contribution in [0.4, 0.5) is 0 Å². The van der Waals surface area contributed by atoms with Gasteiger partial charge < -0.3 is 14.6 Å². The average Bonchev–Trinajstić information content (AvgIpc) is 2.56. The molecule has 0 bridgehead atoms. The fraction of sp³-hybridized carbons (Fsp3) is 0.235. The van der Waals surface area contributed by atoms with E-state index in [-0.39, 0.29) is 12.1 Å². The number of hydrogen-bond donors (Lipinski definition) is 1. The van der Waals surface area contributed by atoms with Gasteiger partial charge in [0, 0.05) is 18.7 Å². The molecule has 0 saturated heterocycles. The number of carbonyl (C=O) groups is 2. The third-order valence-electron chi connectivity index (χ3n) is 3.32. The zero-order valence-electron chi connectivity index (χ0n) is 12.8. The zero-order chi connectivity index (χ0) is 16.7. The molecule has 0 aliphatic carbocycles. The van der Waals surface area contributed by atoms with Gasteiger partial charge in [-0.2, -0.15) is 0 Å². The number of amides is 1. The van der Waals surface area contributed by atoms with Crippen LogP contribution in [0.25, 0.3) is 0 Å². The van der Waals surface area contributed by atoms with Gasteiger partial charge in [0.25, 0.3) is 5.56 Å². The first-order valence-corrected chi connectivity index (χ1v) is 7.16. The Morgan fingerprint density at radius 3 is 2.48 bits per heavy atom. The molecule has 1 aromatic carbocycles. The number of rotatable bonds is 6. The van der Waals surface area contributed by atoms with E-state index in [2.05, 4.69) is 5.32 Å². The molecule has 23 heavy (non-hydrogen) atoms. The minimum atomic E-state index is -0.797. The second-order valence-electron chi connectivity index (χ2n) is 5.00. The highest BCUT2D eigenvalue weighted by Gasteiger charge is 2.22. The smallest absolute Gasteiger partial charge is 0.328 e. The minimum absolute atomic E-state index is 0.151. The lowest BCUT2D eigenvalue weighted by Gasteiger charge is -2.17. The van der Waals surface area contributed by atoms with E-state index in [1.807, 2.05) is 30.3 Å². The van der Waals surface area contributed by atoms with Gasteiger partial charge in [-0.1, -0.05) is 36.4 Å². The van der Waals surface area contributed by atoms with Crippen LogP contribution in [-0.2, 0) is 27.3 Å². The molecule has 120 valence electrons. The number of carbonyl (C=O) groups excluding carboxylic acids is 2. The molecule has 0 unspecified atom stereocenters. The number of methoxy groups -OCH3 is 1. The first kappa shape index (κ1) is 16.5. The maximum atomic E-state index is 12.1. The van der Waals surface area contributed by atoms with E-state index < -0.39 is 17.9 Å². The fourth-order valence-corrected chi connectivity index (χ4v) is 2.17. The highest BCUT2D eigenvalue weighted by Crippen LogP contribution is 2.04. The highest BCUT2D eigenvalue weighted by molar-refractivity contribution is 5.84. The van der Waals surface area contributed by atoms with E-state index in [4.69, 9.17) is 4.74 Å². The molecule has 1 amide bonds. The monoisotopic (exact) mass is 314 g/mol. The lowest BCUT2D eigenvalue weighted by atomic mass is 10.1. The highest BCUT2D eigenvalue weighted by atomic mass is 16.5. The Kier molecular flexibility index (Phi) is 5.68. The van der Waals surface area contributed by atoms with Crippen molar-refractivity contribution >= 4 is 11.9 Å². The summed E-state index contributed by atoms with van der Waals surface area (Å²) in [4.78, 5) is 35.6. The van der Waals surface area contributed by atoms with Crippen molar-refractivity contribution in [3.63, 3.8) is 0 Å². The lowest BCUT2D eigenvalue weighted by molar-refractivity contribution is -0.145. The Morgan fingerprint density at radius 2 is 1.83 bits per heavy atom. The summed E-state index contributed by atoms with van der Waals surface area (Å²) in [5.74, 6) is -0.952. The molecule has 2 rings (SSSR count). The summed E-state index contributed by atoms with van der Waals surface area (Å²) in [5.41, 5.74) is 0.625. The van der Waals surface area contributed by atoms with Crippen LogP contribution >= 0.6 is 0 Å². The first-order chi connectivity index (χ1) is 11.1. The lowest BCUT2D eigenvalue weighted by Crippen LogP contribution is -2.45. The van der Waals surface area contributed by atoms with E-state index in [0.29, 0.717) is 6.42 Å². The second-order valence-corrected chi connectivity index (χ2v) is 5.00. The molecule has 1 atom stereocenters. The number of pyridine rings is 1. The minimum Gasteiger partial charge on any atom is -0.467 e. The Balaban J connectivity index is 2.05. The SMILES string of the molecule is COC(=O)[C@H](Cc1ccccc1)NC(=O)Cn1ccccc1=O. The molecule has 1 aromatic heterocycles. The van der Waals surface area contributed by atoms with Crippen molar-refractivity contribution in [2.45, 2.75) is 19.0 Å². The van der Waals surface area contributed by atoms with E-state index in [0.717, 1.165) is 5.56 Å². The quantitative estimate of drug-likeness (QED) is 0.798. The van der Waals surface area contributed by atoms with Crippen molar-refractivity contribution in [1.82, 2.24) is 9.88 Å². The van der Waals surface area contributed by atoms with Crippen LogP contribution in [0.5, 0.6) is 0 Å². The maximum Gasteiger partial charge on any atom is 0.328 e. The summed E-state index contributed by atoms with van der Waals surface area (Å²) in [6, 6.07) is 13.2. The van der Waals surface area contributed by atoms with Gasteiger partial charge in [-0.25, -0.2) is 4.79 Å². The van der Waals surface area contributed by atoms with Crippen LogP contribution in [0.3, 0.4) is 0 Å². The molecule has 6 nitrogen and oxygen atoms in total. The summed E-state index contributed by atoms with van der Waals surface area (Å²) in [7, 11) is 1.27. The summed E-state index contributed by atoms with van der Waals surface area (Å²) in [6.45, 7) is -0.151. The predicted molar refractivity (Wildman–Crippen MR) is 84.8 cm³/mol. The first-order valence-electron chi connectivity index (χ1n) is 7.16. The van der Waals surface area contributed by atoms with Gasteiger partial charge in [0.05, 0.1) is 7.11 Å². The Morgan fingerprint density at radius 1 is 1.13 bits per heavy atom. The van der Waals surface area contributed by atoms with E-state index in [1.54, 1.807) is 12.1 Å². The van der Waals surface area contributed by atoms with Crippen molar-refractivity contribution in [2.75, 3.05) is 7.11 Å². The molecular formula is C17H18N2O4. The van der Waals surface area contributed by atoms with Crippen molar-refractivity contribution < 1.29 is 14.3 Å². The largest absolute Gasteiger partial charge is 0.467 e. The number of hydrogen-bond acceptors (Lipinski definition) is 4. The molecule has 6 heteroatoms. The Bertz CT molecular complexity index is 725. The molecule has 1 heterocycles. The predicted octanol–water partition coefficient (Wildman–Crippen LogP) is 0.749. The van der Waals surface area contributed by atoms with Gasteiger partial charge >= 0.3 is 5.97 Å². The van der Waals surface area contributed by atoms with E-state index >= 15 is 0 Å². The van der Waals surface area contributed by atoms with Crippen LogP contribution in [0.15, 0.2) is 59.5 Å². The van der Waals surface area contributed by atoms with Gasteiger partial charge in [0.2, 0.25) is 5.91 Å². The molecule has 0 aliphatic rings.